The molecule has 2 heterocycles. The van der Waals surface area contributed by atoms with Crippen molar-refractivity contribution in [2.45, 2.75) is 97.3 Å². The number of benzene rings is 1. The molecule has 7 heteroatoms. The lowest BCUT2D eigenvalue weighted by atomic mass is 10.00. The summed E-state index contributed by atoms with van der Waals surface area (Å²) in [4.78, 5) is 18.6. The zero-order valence-corrected chi connectivity index (χ0v) is 20.1. The summed E-state index contributed by atoms with van der Waals surface area (Å²) in [6.07, 6.45) is 6.60. The number of nitrogens with zero attached hydrogens (tertiary/aromatic N) is 5. The van der Waals surface area contributed by atoms with Crippen molar-refractivity contribution in [2.75, 3.05) is 0 Å². The van der Waals surface area contributed by atoms with E-state index in [0.29, 0.717) is 12.6 Å². The van der Waals surface area contributed by atoms with Gasteiger partial charge in [-0.2, -0.15) is 0 Å². The Bertz CT molecular complexity index is 1120. The van der Waals surface area contributed by atoms with Gasteiger partial charge in [0.05, 0.1) is 11.6 Å². The lowest BCUT2D eigenvalue weighted by Gasteiger charge is -2.36. The van der Waals surface area contributed by atoms with E-state index in [1.807, 2.05) is 16.8 Å². The Morgan fingerprint density at radius 3 is 2.66 bits per heavy atom. The van der Waals surface area contributed by atoms with E-state index in [9.17, 15) is 4.79 Å². The number of aromatic nitrogens is 5. The SMILES string of the molecule is CC[C@@H](c1nnnn1C(C)(C)CC)N(Cc1cc2cc(C)ccc2[nH]c1=O)C1CCCC1. The zero-order chi connectivity index (χ0) is 22.9. The van der Waals surface area contributed by atoms with Crippen LogP contribution in [0.4, 0.5) is 0 Å². The monoisotopic (exact) mass is 436 g/mol. The van der Waals surface area contributed by atoms with Crippen molar-refractivity contribution in [1.29, 1.82) is 0 Å². The topological polar surface area (TPSA) is 79.7 Å². The average molecular weight is 437 g/mol. The molecule has 1 aliphatic carbocycles. The smallest absolute Gasteiger partial charge is 0.252 e. The molecule has 1 atom stereocenters. The first-order chi connectivity index (χ1) is 15.3. The third kappa shape index (κ3) is 4.35. The molecule has 4 rings (SSSR count). The Hall–Kier alpha value is -2.54. The second-order valence-electron chi connectivity index (χ2n) is 9.86. The molecule has 2 aromatic heterocycles. The minimum Gasteiger partial charge on any atom is -0.322 e. The number of aromatic amines is 1. The van der Waals surface area contributed by atoms with Crippen LogP contribution in [0.3, 0.4) is 0 Å². The second-order valence-corrected chi connectivity index (χ2v) is 9.86. The normalized spacial score (nSPS) is 16.3. The van der Waals surface area contributed by atoms with Gasteiger partial charge in [-0.3, -0.25) is 9.69 Å². The maximum Gasteiger partial charge on any atom is 0.252 e. The Balaban J connectivity index is 1.75. The van der Waals surface area contributed by atoms with Crippen molar-refractivity contribution in [3.8, 4) is 0 Å². The molecule has 0 unspecified atom stereocenters. The molecule has 32 heavy (non-hydrogen) atoms. The van der Waals surface area contributed by atoms with Crippen LogP contribution in [0.15, 0.2) is 29.1 Å². The summed E-state index contributed by atoms with van der Waals surface area (Å²) in [6, 6.07) is 8.71. The maximum atomic E-state index is 13.0. The molecule has 0 saturated heterocycles. The number of fused-ring (bicyclic) bond motifs is 1. The fraction of sp³-hybridized carbons (Fsp3) is 0.600. The standard InChI is InChI=1S/C25H36N6O/c1-6-22(23-27-28-29-31(23)25(4,5)7-2)30(20-10-8-9-11-20)16-19-15-18-14-17(3)12-13-21(18)26-24(19)32/h12-15,20,22H,6-11,16H2,1-5H3,(H,26,32)/t22-/m0/s1. The first-order valence-corrected chi connectivity index (χ1v) is 12.0. The van der Waals surface area contributed by atoms with Crippen LogP contribution in [-0.2, 0) is 12.1 Å². The van der Waals surface area contributed by atoms with Gasteiger partial charge >= 0.3 is 0 Å². The summed E-state index contributed by atoms with van der Waals surface area (Å²) in [7, 11) is 0. The predicted molar refractivity (Wildman–Crippen MR) is 128 cm³/mol. The zero-order valence-electron chi connectivity index (χ0n) is 20.1. The number of H-pyrrole nitrogens is 1. The van der Waals surface area contributed by atoms with Gasteiger partial charge in [-0.05, 0) is 80.5 Å². The van der Waals surface area contributed by atoms with Crippen LogP contribution in [0, 0.1) is 6.92 Å². The summed E-state index contributed by atoms with van der Waals surface area (Å²) in [5.41, 5.74) is 2.72. The fourth-order valence-corrected chi connectivity index (χ4v) is 4.96. The highest BCUT2D eigenvalue weighted by Gasteiger charge is 2.35. The largest absolute Gasteiger partial charge is 0.322 e. The number of pyridine rings is 1. The highest BCUT2D eigenvalue weighted by atomic mass is 16.1. The molecule has 3 aromatic rings. The molecule has 172 valence electrons. The number of aryl methyl sites for hydroxylation is 1. The minimum absolute atomic E-state index is 0.00678. The molecule has 0 amide bonds. The molecule has 7 nitrogen and oxygen atoms in total. The second kappa shape index (κ2) is 9.14. The lowest BCUT2D eigenvalue weighted by Crippen LogP contribution is -2.40. The predicted octanol–water partition coefficient (Wildman–Crippen LogP) is 4.86. The molecule has 0 aliphatic heterocycles. The summed E-state index contributed by atoms with van der Waals surface area (Å²) in [6.45, 7) is 11.4. The molecular weight excluding hydrogens is 400 g/mol. The van der Waals surface area contributed by atoms with Crippen LogP contribution >= 0.6 is 0 Å². The quantitative estimate of drug-likeness (QED) is 0.545. The third-order valence-corrected chi connectivity index (χ3v) is 7.24. The summed E-state index contributed by atoms with van der Waals surface area (Å²) < 4.78 is 2.00. The van der Waals surface area contributed by atoms with Gasteiger partial charge in [0, 0.05) is 23.7 Å². The van der Waals surface area contributed by atoms with Gasteiger partial charge in [0.15, 0.2) is 5.82 Å². The highest BCUT2D eigenvalue weighted by Crippen LogP contribution is 2.35. The summed E-state index contributed by atoms with van der Waals surface area (Å²) in [5.74, 6) is 0.902. The number of rotatable bonds is 8. The number of hydrogen-bond donors (Lipinski definition) is 1. The van der Waals surface area contributed by atoms with E-state index in [0.717, 1.165) is 48.0 Å². The first-order valence-electron chi connectivity index (χ1n) is 12.0. The fourth-order valence-electron chi connectivity index (χ4n) is 4.96. The summed E-state index contributed by atoms with van der Waals surface area (Å²) in [5, 5.41) is 14.0. The van der Waals surface area contributed by atoms with E-state index in [1.165, 1.54) is 18.4 Å². The van der Waals surface area contributed by atoms with Crippen molar-refractivity contribution >= 4 is 10.9 Å². The van der Waals surface area contributed by atoms with Gasteiger partial charge in [0.25, 0.3) is 5.56 Å². The van der Waals surface area contributed by atoms with E-state index >= 15 is 0 Å². The van der Waals surface area contributed by atoms with Gasteiger partial charge in [-0.25, -0.2) is 4.68 Å². The van der Waals surface area contributed by atoms with Crippen molar-refractivity contribution in [1.82, 2.24) is 30.1 Å². The number of nitrogens with one attached hydrogen (secondary N) is 1. The van der Waals surface area contributed by atoms with E-state index < -0.39 is 0 Å². The molecular formula is C25H36N6O. The molecule has 1 saturated carbocycles. The minimum atomic E-state index is -0.161. The Kier molecular flexibility index (Phi) is 6.47. The first kappa shape index (κ1) is 22.6. The summed E-state index contributed by atoms with van der Waals surface area (Å²) >= 11 is 0. The van der Waals surface area contributed by atoms with Gasteiger partial charge in [0.1, 0.15) is 0 Å². The van der Waals surface area contributed by atoms with Gasteiger partial charge < -0.3 is 4.98 Å². The van der Waals surface area contributed by atoms with Gasteiger partial charge in [0.2, 0.25) is 0 Å². The van der Waals surface area contributed by atoms with Crippen LogP contribution < -0.4 is 5.56 Å². The Labute approximate surface area is 190 Å². The molecule has 0 spiro atoms. The molecule has 1 aromatic carbocycles. The third-order valence-electron chi connectivity index (χ3n) is 7.24. The van der Waals surface area contributed by atoms with Crippen molar-refractivity contribution < 1.29 is 0 Å². The van der Waals surface area contributed by atoms with Crippen molar-refractivity contribution in [3.05, 3.63) is 51.6 Å². The number of tetrazole rings is 1. The molecule has 1 fully saturated rings. The van der Waals surface area contributed by atoms with Crippen LogP contribution in [0.25, 0.3) is 10.9 Å². The van der Waals surface area contributed by atoms with Crippen LogP contribution in [0.2, 0.25) is 0 Å². The van der Waals surface area contributed by atoms with Crippen LogP contribution in [0.5, 0.6) is 0 Å². The molecule has 0 radical (unpaired) electrons. The maximum absolute atomic E-state index is 13.0. The Morgan fingerprint density at radius 1 is 1.22 bits per heavy atom. The van der Waals surface area contributed by atoms with E-state index in [1.54, 1.807) is 0 Å². The molecule has 1 aliphatic rings. The molecule has 0 bridgehead atoms. The Morgan fingerprint density at radius 2 is 1.97 bits per heavy atom. The number of hydrogen-bond acceptors (Lipinski definition) is 5. The van der Waals surface area contributed by atoms with E-state index in [2.05, 4.69) is 72.2 Å². The molecule has 1 N–H and O–H groups in total. The van der Waals surface area contributed by atoms with Crippen LogP contribution in [0.1, 0.15) is 89.2 Å². The highest BCUT2D eigenvalue weighted by molar-refractivity contribution is 5.79. The lowest BCUT2D eigenvalue weighted by molar-refractivity contribution is 0.106. The van der Waals surface area contributed by atoms with Gasteiger partial charge in [-0.15, -0.1) is 5.10 Å². The van der Waals surface area contributed by atoms with Gasteiger partial charge in [-0.1, -0.05) is 38.3 Å². The van der Waals surface area contributed by atoms with Crippen molar-refractivity contribution in [3.63, 3.8) is 0 Å². The van der Waals surface area contributed by atoms with Crippen molar-refractivity contribution in [2.24, 2.45) is 0 Å². The van der Waals surface area contributed by atoms with E-state index in [4.69, 9.17) is 0 Å². The average Bonchev–Trinajstić information content (AvgIpc) is 3.47. The van der Waals surface area contributed by atoms with Crippen LogP contribution in [-0.4, -0.2) is 36.1 Å². The van der Waals surface area contributed by atoms with E-state index in [-0.39, 0.29) is 17.1 Å².